The summed E-state index contributed by atoms with van der Waals surface area (Å²) in [6.07, 6.45) is -3.17. The molecule has 0 aliphatic heterocycles. The van der Waals surface area contributed by atoms with Gasteiger partial charge in [-0.1, -0.05) is 30.3 Å². The lowest BCUT2D eigenvalue weighted by Gasteiger charge is -2.21. The first-order chi connectivity index (χ1) is 19.0. The van der Waals surface area contributed by atoms with Crippen molar-refractivity contribution >= 4 is 34.7 Å². The van der Waals surface area contributed by atoms with Crippen molar-refractivity contribution in [2.75, 3.05) is 7.11 Å². The molecule has 2 atom stereocenters. The first-order valence-corrected chi connectivity index (χ1v) is 12.9. The second kappa shape index (κ2) is 13.7. The van der Waals surface area contributed by atoms with Gasteiger partial charge in [-0.3, -0.25) is 19.2 Å². The predicted molar refractivity (Wildman–Crippen MR) is 139 cm³/mol. The summed E-state index contributed by atoms with van der Waals surface area (Å²) in [7, 11) is 1.22. The normalized spacial score (nSPS) is 12.6. The van der Waals surface area contributed by atoms with Crippen LogP contribution in [0.15, 0.2) is 60.1 Å². The van der Waals surface area contributed by atoms with Gasteiger partial charge in [-0.2, -0.15) is 0 Å². The molecule has 13 heteroatoms. The SMILES string of the molecule is COc1ccc(OC(F)(F)F)cc1C(=O)N[C@H](C)C(=O)N[C@H](Cc1ccccc1)C(=O)C(=O)CCc1nccs1. The third kappa shape index (κ3) is 8.90. The number of hydrogen-bond acceptors (Lipinski definition) is 8. The minimum atomic E-state index is -4.98. The van der Waals surface area contributed by atoms with Gasteiger partial charge in [0.15, 0.2) is 0 Å². The zero-order valence-corrected chi connectivity index (χ0v) is 22.3. The molecule has 0 spiro atoms. The van der Waals surface area contributed by atoms with Gasteiger partial charge in [-0.25, -0.2) is 4.98 Å². The lowest BCUT2D eigenvalue weighted by atomic mass is 9.97. The van der Waals surface area contributed by atoms with E-state index in [-0.39, 0.29) is 30.6 Å². The van der Waals surface area contributed by atoms with Crippen LogP contribution in [0.2, 0.25) is 0 Å². The Morgan fingerprint density at radius 2 is 1.77 bits per heavy atom. The van der Waals surface area contributed by atoms with E-state index in [4.69, 9.17) is 4.74 Å². The highest BCUT2D eigenvalue weighted by Gasteiger charge is 2.32. The van der Waals surface area contributed by atoms with Gasteiger partial charge in [-0.15, -0.1) is 24.5 Å². The van der Waals surface area contributed by atoms with Crippen molar-refractivity contribution in [2.24, 2.45) is 0 Å². The summed E-state index contributed by atoms with van der Waals surface area (Å²) in [5, 5.41) is 7.35. The van der Waals surface area contributed by atoms with E-state index in [0.29, 0.717) is 10.6 Å². The largest absolute Gasteiger partial charge is 0.573 e. The van der Waals surface area contributed by atoms with Gasteiger partial charge in [0.1, 0.15) is 17.5 Å². The Labute approximate surface area is 231 Å². The molecule has 0 bridgehead atoms. The van der Waals surface area contributed by atoms with Gasteiger partial charge in [0, 0.05) is 30.8 Å². The Balaban J connectivity index is 1.71. The number of nitrogens with one attached hydrogen (secondary N) is 2. The molecule has 2 N–H and O–H groups in total. The number of ketones is 2. The highest BCUT2D eigenvalue weighted by Crippen LogP contribution is 2.28. The molecule has 0 saturated carbocycles. The van der Waals surface area contributed by atoms with Gasteiger partial charge < -0.3 is 20.1 Å². The van der Waals surface area contributed by atoms with Gasteiger partial charge in [-0.05, 0) is 30.7 Å². The molecule has 0 aliphatic carbocycles. The van der Waals surface area contributed by atoms with Crippen LogP contribution in [0.25, 0.3) is 0 Å². The Morgan fingerprint density at radius 1 is 1.05 bits per heavy atom. The van der Waals surface area contributed by atoms with E-state index in [1.165, 1.54) is 25.4 Å². The van der Waals surface area contributed by atoms with E-state index in [9.17, 15) is 32.3 Å². The van der Waals surface area contributed by atoms with E-state index >= 15 is 0 Å². The average Bonchev–Trinajstić information content (AvgIpc) is 3.44. The molecule has 2 aromatic carbocycles. The smallest absolute Gasteiger partial charge is 0.496 e. The number of methoxy groups -OCH3 is 1. The average molecular weight is 578 g/mol. The number of hydrogen-bond donors (Lipinski definition) is 2. The molecule has 0 aliphatic rings. The Morgan fingerprint density at radius 3 is 2.40 bits per heavy atom. The third-order valence-electron chi connectivity index (χ3n) is 5.63. The maximum Gasteiger partial charge on any atom is 0.573 e. The van der Waals surface area contributed by atoms with Crippen LogP contribution < -0.4 is 20.1 Å². The Hall–Kier alpha value is -4.26. The Bertz CT molecular complexity index is 1330. The maximum atomic E-state index is 13.1. The first-order valence-electron chi connectivity index (χ1n) is 12.0. The number of rotatable bonds is 13. The van der Waals surface area contributed by atoms with Crippen molar-refractivity contribution in [3.05, 3.63) is 76.2 Å². The number of halogens is 3. The van der Waals surface area contributed by atoms with Gasteiger partial charge in [0.05, 0.1) is 23.7 Å². The van der Waals surface area contributed by atoms with E-state index in [1.807, 2.05) is 0 Å². The van der Waals surface area contributed by atoms with Crippen molar-refractivity contribution in [1.29, 1.82) is 0 Å². The number of benzene rings is 2. The first kappa shape index (κ1) is 30.3. The molecule has 0 fully saturated rings. The number of alkyl halides is 3. The van der Waals surface area contributed by atoms with Crippen LogP contribution in [0.3, 0.4) is 0 Å². The number of carbonyl (C=O) groups is 4. The van der Waals surface area contributed by atoms with Gasteiger partial charge >= 0.3 is 6.36 Å². The van der Waals surface area contributed by atoms with E-state index < -0.39 is 47.6 Å². The number of thiazole rings is 1. The van der Waals surface area contributed by atoms with E-state index in [1.54, 1.807) is 41.9 Å². The summed E-state index contributed by atoms with van der Waals surface area (Å²) in [5.41, 5.74) is 0.384. The number of aryl methyl sites for hydroxylation is 1. The van der Waals surface area contributed by atoms with Crippen LogP contribution >= 0.6 is 11.3 Å². The van der Waals surface area contributed by atoms with Crippen LogP contribution in [-0.4, -0.2) is 53.9 Å². The molecule has 1 heterocycles. The van der Waals surface area contributed by atoms with Gasteiger partial charge in [0.2, 0.25) is 17.5 Å². The molecule has 0 radical (unpaired) electrons. The summed E-state index contributed by atoms with van der Waals surface area (Å²) in [4.78, 5) is 55.7. The van der Waals surface area contributed by atoms with Crippen LogP contribution in [-0.2, 0) is 27.2 Å². The van der Waals surface area contributed by atoms with Crippen molar-refractivity contribution in [2.45, 2.75) is 44.6 Å². The number of aromatic nitrogens is 1. The molecule has 0 saturated heterocycles. The zero-order chi connectivity index (χ0) is 29.3. The Kier molecular flexibility index (Phi) is 10.4. The van der Waals surface area contributed by atoms with E-state index in [2.05, 4.69) is 20.4 Å². The van der Waals surface area contributed by atoms with Gasteiger partial charge in [0.25, 0.3) is 5.91 Å². The monoisotopic (exact) mass is 577 g/mol. The summed E-state index contributed by atoms with van der Waals surface area (Å²) in [6.45, 7) is 1.32. The van der Waals surface area contributed by atoms with E-state index in [0.717, 1.165) is 18.2 Å². The van der Waals surface area contributed by atoms with Crippen molar-refractivity contribution in [3.8, 4) is 11.5 Å². The van der Waals surface area contributed by atoms with Crippen LogP contribution in [0.5, 0.6) is 11.5 Å². The topological polar surface area (TPSA) is 124 Å². The molecule has 212 valence electrons. The summed E-state index contributed by atoms with van der Waals surface area (Å²) >= 11 is 1.35. The lowest BCUT2D eigenvalue weighted by Crippen LogP contribution is -2.52. The summed E-state index contributed by atoms with van der Waals surface area (Å²) in [6, 6.07) is 9.22. The third-order valence-corrected chi connectivity index (χ3v) is 6.47. The number of ether oxygens (including phenoxy) is 2. The van der Waals surface area contributed by atoms with Crippen LogP contribution in [0, 0.1) is 0 Å². The zero-order valence-electron chi connectivity index (χ0n) is 21.5. The second-order valence-electron chi connectivity index (χ2n) is 8.57. The maximum absolute atomic E-state index is 13.1. The molecule has 3 aromatic rings. The molecule has 40 heavy (non-hydrogen) atoms. The minimum Gasteiger partial charge on any atom is -0.496 e. The minimum absolute atomic E-state index is 0.0275. The second-order valence-corrected chi connectivity index (χ2v) is 9.55. The van der Waals surface area contributed by atoms with Crippen molar-refractivity contribution in [3.63, 3.8) is 0 Å². The standard InChI is InChI=1S/C27H26F3N3O6S/c1-16(32-26(37)19-15-18(39-27(28,29)30)8-10-22(19)38-2)25(36)33-20(14-17-6-4-3-5-7-17)24(35)21(34)9-11-23-31-12-13-40-23/h3-8,10,12-13,15-16,20H,9,11,14H2,1-2H3,(H,32,37)(H,33,36)/t16-,20-/m1/s1. The molecule has 2 amide bonds. The highest BCUT2D eigenvalue weighted by atomic mass is 32.1. The fraction of sp³-hybridized carbons (Fsp3) is 0.296. The fourth-order valence-electron chi connectivity index (χ4n) is 3.67. The number of carbonyl (C=O) groups excluding carboxylic acids is 4. The fourth-order valence-corrected chi connectivity index (χ4v) is 4.29. The molecule has 3 rings (SSSR count). The molecule has 9 nitrogen and oxygen atoms in total. The predicted octanol–water partition coefficient (Wildman–Crippen LogP) is 3.67. The summed E-state index contributed by atoms with van der Waals surface area (Å²) in [5.74, 6) is -3.89. The number of amides is 2. The lowest BCUT2D eigenvalue weighted by molar-refractivity contribution is -0.274. The van der Waals surface area contributed by atoms with Crippen LogP contribution in [0.1, 0.15) is 34.3 Å². The quantitative estimate of drug-likeness (QED) is 0.297. The van der Waals surface area contributed by atoms with Crippen LogP contribution in [0.4, 0.5) is 13.2 Å². The molecular formula is C27H26F3N3O6S. The highest BCUT2D eigenvalue weighted by molar-refractivity contribution is 7.09. The van der Waals surface area contributed by atoms with Crippen molar-refractivity contribution in [1.82, 2.24) is 15.6 Å². The number of Topliss-reactive ketones (excluding diaryl/α,β-unsaturated/α-hetero) is 2. The molecular weight excluding hydrogens is 551 g/mol. The molecule has 1 aromatic heterocycles. The van der Waals surface area contributed by atoms with Crippen molar-refractivity contribution < 1.29 is 41.8 Å². The molecule has 0 unspecified atom stereocenters. The number of nitrogens with zero attached hydrogens (tertiary/aromatic N) is 1. The summed E-state index contributed by atoms with van der Waals surface area (Å²) < 4.78 is 46.8.